The van der Waals surface area contributed by atoms with Crippen molar-refractivity contribution >= 4 is 6.03 Å². The molecule has 7 heteroatoms. The van der Waals surface area contributed by atoms with Gasteiger partial charge in [0.1, 0.15) is 11.5 Å². The van der Waals surface area contributed by atoms with E-state index in [1.807, 2.05) is 12.1 Å². The van der Waals surface area contributed by atoms with E-state index in [4.69, 9.17) is 14.2 Å². The number of nitrogens with zero attached hydrogens (tertiary/aromatic N) is 1. The van der Waals surface area contributed by atoms with Crippen LogP contribution in [0.5, 0.6) is 11.5 Å². The average molecular weight is 370 g/mol. The first kappa shape index (κ1) is 17.6. The van der Waals surface area contributed by atoms with Crippen LogP contribution in [0.1, 0.15) is 17.5 Å². The van der Waals surface area contributed by atoms with E-state index in [2.05, 4.69) is 5.32 Å². The number of nitrogens with one attached hydrogen (secondary N) is 1. The van der Waals surface area contributed by atoms with Crippen LogP contribution in [0, 0.1) is 0 Å². The highest BCUT2D eigenvalue weighted by molar-refractivity contribution is 5.80. The molecule has 2 saturated heterocycles. The summed E-state index contributed by atoms with van der Waals surface area (Å²) in [5.74, 6) is 1.34. The Morgan fingerprint density at radius 2 is 1.56 bits per heavy atom. The number of carbonyl (C=O) groups excluding carboxylic acids is 1. The first-order chi connectivity index (χ1) is 13.0. The number of rotatable bonds is 4. The number of carbonyl (C=O) groups is 1. The molecule has 2 aliphatic rings. The van der Waals surface area contributed by atoms with Crippen LogP contribution in [0.15, 0.2) is 48.5 Å². The highest BCUT2D eigenvalue weighted by atomic mass is 16.5. The third-order valence-electron chi connectivity index (χ3n) is 5.23. The zero-order chi connectivity index (χ0) is 19.1. The normalized spacial score (nSPS) is 27.1. The minimum atomic E-state index is -1.76. The topological polar surface area (TPSA) is 80.3 Å². The summed E-state index contributed by atoms with van der Waals surface area (Å²) in [7, 11) is 3.16. The van der Waals surface area contributed by atoms with Crippen molar-refractivity contribution < 1.29 is 24.1 Å². The van der Waals surface area contributed by atoms with Gasteiger partial charge in [-0.15, -0.1) is 0 Å². The Bertz CT molecular complexity index is 838. The minimum Gasteiger partial charge on any atom is -0.497 e. The van der Waals surface area contributed by atoms with Crippen LogP contribution in [0.3, 0.4) is 0 Å². The molecule has 2 N–H and O–H groups in total. The Balaban J connectivity index is 1.88. The van der Waals surface area contributed by atoms with Crippen molar-refractivity contribution in [3.8, 4) is 11.5 Å². The molecule has 2 fully saturated rings. The maximum Gasteiger partial charge on any atom is 0.322 e. The molecule has 4 rings (SSSR count). The van der Waals surface area contributed by atoms with Crippen molar-refractivity contribution in [2.24, 2.45) is 0 Å². The number of ether oxygens (including phenoxy) is 3. The molecule has 2 heterocycles. The van der Waals surface area contributed by atoms with Gasteiger partial charge in [-0.3, -0.25) is 4.90 Å². The van der Waals surface area contributed by atoms with Gasteiger partial charge >= 0.3 is 6.03 Å². The van der Waals surface area contributed by atoms with E-state index in [1.165, 1.54) is 0 Å². The third-order valence-corrected chi connectivity index (χ3v) is 5.23. The fourth-order valence-electron chi connectivity index (χ4n) is 3.89. The summed E-state index contributed by atoms with van der Waals surface area (Å²) in [5, 5.41) is 14.5. The lowest BCUT2D eigenvalue weighted by atomic mass is 9.85. The largest absolute Gasteiger partial charge is 0.497 e. The number of methoxy groups -OCH3 is 2. The van der Waals surface area contributed by atoms with Gasteiger partial charge < -0.3 is 24.6 Å². The maximum atomic E-state index is 12.7. The molecule has 2 unspecified atom stereocenters. The van der Waals surface area contributed by atoms with Crippen molar-refractivity contribution in [3.05, 3.63) is 59.7 Å². The van der Waals surface area contributed by atoms with E-state index in [0.717, 1.165) is 0 Å². The van der Waals surface area contributed by atoms with Crippen molar-refractivity contribution in [1.82, 2.24) is 10.2 Å². The van der Waals surface area contributed by atoms with Gasteiger partial charge in [0.2, 0.25) is 11.4 Å². The smallest absolute Gasteiger partial charge is 0.322 e. The predicted octanol–water partition coefficient (Wildman–Crippen LogP) is 2.15. The molecular formula is C20H22N2O5. The van der Waals surface area contributed by atoms with E-state index < -0.39 is 11.4 Å². The summed E-state index contributed by atoms with van der Waals surface area (Å²) in [6.07, 6.45) is 0.698. The van der Waals surface area contributed by atoms with Crippen molar-refractivity contribution in [2.45, 2.75) is 17.9 Å². The fourth-order valence-corrected chi connectivity index (χ4v) is 3.89. The number of hydrogen-bond donors (Lipinski definition) is 2. The number of benzene rings is 2. The van der Waals surface area contributed by atoms with Crippen LogP contribution in [-0.2, 0) is 16.2 Å². The molecule has 27 heavy (non-hydrogen) atoms. The standard InChI is InChI=1S/C20H22N2O5/c1-25-16-8-4-14(5-9-16)19(24)20(15-6-10-17(26-2)11-7-15)22(18(23)21-19)12-3-13-27-20/h4-11,24H,3,12-13H2,1-2H3,(H,21,23). The Labute approximate surface area is 157 Å². The van der Waals surface area contributed by atoms with E-state index in [9.17, 15) is 9.90 Å². The molecule has 0 aromatic heterocycles. The molecule has 0 aliphatic carbocycles. The zero-order valence-electron chi connectivity index (χ0n) is 15.3. The Kier molecular flexibility index (Phi) is 4.20. The molecule has 2 aromatic carbocycles. The van der Waals surface area contributed by atoms with Crippen LogP contribution in [-0.4, -0.2) is 43.4 Å². The van der Waals surface area contributed by atoms with Crippen molar-refractivity contribution in [2.75, 3.05) is 27.4 Å². The third kappa shape index (κ3) is 2.46. The Morgan fingerprint density at radius 1 is 1.00 bits per heavy atom. The molecule has 0 bridgehead atoms. The van der Waals surface area contributed by atoms with Gasteiger partial charge in [-0.25, -0.2) is 4.79 Å². The van der Waals surface area contributed by atoms with Gasteiger partial charge in [0.15, 0.2) is 0 Å². The first-order valence-corrected chi connectivity index (χ1v) is 8.80. The zero-order valence-corrected chi connectivity index (χ0v) is 15.3. The van der Waals surface area contributed by atoms with Gasteiger partial charge in [-0.2, -0.15) is 0 Å². The summed E-state index contributed by atoms with van der Waals surface area (Å²) in [6.45, 7) is 0.909. The Morgan fingerprint density at radius 3 is 2.11 bits per heavy atom. The lowest BCUT2D eigenvalue weighted by Gasteiger charge is -2.47. The molecule has 7 nitrogen and oxygen atoms in total. The Hall–Kier alpha value is -2.77. The van der Waals surface area contributed by atoms with E-state index in [0.29, 0.717) is 42.2 Å². The SMILES string of the molecule is COc1ccc(C2(O)NC(=O)N3CCCOC32c2ccc(OC)cc2)cc1. The van der Waals surface area contributed by atoms with E-state index in [1.54, 1.807) is 55.5 Å². The molecule has 0 saturated carbocycles. The highest BCUT2D eigenvalue weighted by Gasteiger charge is 2.66. The van der Waals surface area contributed by atoms with Gasteiger partial charge in [0.05, 0.1) is 20.8 Å². The summed E-state index contributed by atoms with van der Waals surface area (Å²) >= 11 is 0. The van der Waals surface area contributed by atoms with Crippen LogP contribution >= 0.6 is 0 Å². The number of urea groups is 1. The second kappa shape index (κ2) is 6.44. The summed E-state index contributed by atoms with van der Waals surface area (Å²) in [4.78, 5) is 14.3. The summed E-state index contributed by atoms with van der Waals surface area (Å²) in [6, 6.07) is 13.8. The first-order valence-electron chi connectivity index (χ1n) is 8.80. The summed E-state index contributed by atoms with van der Waals surface area (Å²) in [5.41, 5.74) is -1.95. The van der Waals surface area contributed by atoms with Crippen LogP contribution in [0.4, 0.5) is 4.79 Å². The second-order valence-corrected chi connectivity index (χ2v) is 6.60. The quantitative estimate of drug-likeness (QED) is 0.862. The maximum absolute atomic E-state index is 12.7. The lowest BCUT2D eigenvalue weighted by Crippen LogP contribution is -2.60. The van der Waals surface area contributed by atoms with Crippen LogP contribution in [0.25, 0.3) is 0 Å². The van der Waals surface area contributed by atoms with Crippen LogP contribution in [0.2, 0.25) is 0 Å². The molecule has 2 amide bonds. The molecule has 142 valence electrons. The van der Waals surface area contributed by atoms with Crippen molar-refractivity contribution in [3.63, 3.8) is 0 Å². The highest BCUT2D eigenvalue weighted by Crippen LogP contribution is 2.50. The molecule has 2 atom stereocenters. The number of fused-ring (bicyclic) bond motifs is 1. The predicted molar refractivity (Wildman–Crippen MR) is 97.4 cm³/mol. The summed E-state index contributed by atoms with van der Waals surface area (Å²) < 4.78 is 16.6. The number of hydrogen-bond acceptors (Lipinski definition) is 5. The van der Waals surface area contributed by atoms with Gasteiger partial charge in [-0.1, -0.05) is 24.3 Å². The molecule has 2 aromatic rings. The molecule has 0 spiro atoms. The van der Waals surface area contributed by atoms with E-state index in [-0.39, 0.29) is 6.03 Å². The lowest BCUT2D eigenvalue weighted by molar-refractivity contribution is -0.259. The number of aliphatic hydroxyl groups is 1. The van der Waals surface area contributed by atoms with Gasteiger partial charge in [0.25, 0.3) is 0 Å². The average Bonchev–Trinajstić information content (AvgIpc) is 2.97. The second-order valence-electron chi connectivity index (χ2n) is 6.60. The fraction of sp³-hybridized carbons (Fsp3) is 0.350. The minimum absolute atomic E-state index is 0.371. The molecule has 0 radical (unpaired) electrons. The van der Waals surface area contributed by atoms with Gasteiger partial charge in [-0.05, 0) is 30.7 Å². The molecular weight excluding hydrogens is 348 g/mol. The van der Waals surface area contributed by atoms with E-state index >= 15 is 0 Å². The monoisotopic (exact) mass is 370 g/mol. The van der Waals surface area contributed by atoms with Crippen LogP contribution < -0.4 is 14.8 Å². The number of amides is 2. The van der Waals surface area contributed by atoms with Crippen molar-refractivity contribution in [1.29, 1.82) is 0 Å². The molecule has 2 aliphatic heterocycles. The van der Waals surface area contributed by atoms with Gasteiger partial charge in [0, 0.05) is 17.7 Å².